The number of benzene rings is 3. The molecule has 0 spiro atoms. The first-order valence-corrected chi connectivity index (χ1v) is 8.87. The maximum absolute atomic E-state index is 12.6. The van der Waals surface area contributed by atoms with Crippen molar-refractivity contribution in [2.45, 2.75) is 19.4 Å². The smallest absolute Gasteiger partial charge is 0.339 e. The van der Waals surface area contributed by atoms with Crippen molar-refractivity contribution in [3.63, 3.8) is 0 Å². The molecule has 0 radical (unpaired) electrons. The van der Waals surface area contributed by atoms with E-state index >= 15 is 0 Å². The van der Waals surface area contributed by atoms with Crippen LogP contribution in [-0.4, -0.2) is 11.9 Å². The normalized spacial score (nSPS) is 15.6. The number of carbonyl (C=O) groups excluding carboxylic acids is 2. The van der Waals surface area contributed by atoms with Crippen molar-refractivity contribution < 1.29 is 14.3 Å². The Labute approximate surface area is 157 Å². The monoisotopic (exact) mass is 357 g/mol. The number of hydrogen-bond acceptors (Lipinski definition) is 3. The van der Waals surface area contributed by atoms with Gasteiger partial charge in [0.25, 0.3) is 5.91 Å². The molecule has 1 N–H and O–H groups in total. The van der Waals surface area contributed by atoms with Gasteiger partial charge in [-0.3, -0.25) is 4.79 Å². The summed E-state index contributed by atoms with van der Waals surface area (Å²) < 4.78 is 5.57. The Kier molecular flexibility index (Phi) is 4.47. The fraction of sp³-hybridized carbons (Fsp3) is 0.130. The van der Waals surface area contributed by atoms with Crippen molar-refractivity contribution in [3.8, 4) is 0 Å². The van der Waals surface area contributed by atoms with Gasteiger partial charge >= 0.3 is 5.97 Å². The summed E-state index contributed by atoms with van der Waals surface area (Å²) in [4.78, 5) is 25.0. The Bertz CT molecular complexity index is 1010. The highest BCUT2D eigenvalue weighted by molar-refractivity contribution is 6.05. The van der Waals surface area contributed by atoms with Crippen LogP contribution in [0.25, 0.3) is 0 Å². The van der Waals surface area contributed by atoms with E-state index in [9.17, 15) is 9.59 Å². The van der Waals surface area contributed by atoms with Crippen LogP contribution in [0.4, 0.5) is 5.69 Å². The van der Waals surface area contributed by atoms with Crippen LogP contribution in [0.15, 0.2) is 72.8 Å². The standard InChI is InChI=1S/C23H19NO3/c1-15-6-5-9-19(12-15)24-22(25)17-10-11-20-18(13-17)14-21(27-23(20)26)16-7-3-2-4-8-16/h2-13,21H,14H2,1H3,(H,24,25). The highest BCUT2D eigenvalue weighted by Gasteiger charge is 2.28. The van der Waals surface area contributed by atoms with E-state index in [0.717, 1.165) is 22.4 Å². The summed E-state index contributed by atoms with van der Waals surface area (Å²) in [6.45, 7) is 1.98. The zero-order valence-electron chi connectivity index (χ0n) is 14.9. The van der Waals surface area contributed by atoms with Crippen molar-refractivity contribution in [1.29, 1.82) is 0 Å². The number of carbonyl (C=O) groups is 2. The minimum atomic E-state index is -0.351. The van der Waals surface area contributed by atoms with Crippen LogP contribution in [0, 0.1) is 6.92 Å². The first kappa shape index (κ1) is 17.0. The fourth-order valence-corrected chi connectivity index (χ4v) is 3.32. The van der Waals surface area contributed by atoms with Gasteiger partial charge in [-0.15, -0.1) is 0 Å². The van der Waals surface area contributed by atoms with Gasteiger partial charge in [0.1, 0.15) is 6.10 Å². The van der Waals surface area contributed by atoms with Gasteiger partial charge in [0.05, 0.1) is 5.56 Å². The van der Waals surface area contributed by atoms with Gasteiger partial charge in [-0.2, -0.15) is 0 Å². The van der Waals surface area contributed by atoms with Gasteiger partial charge in [-0.1, -0.05) is 42.5 Å². The molecule has 3 aromatic rings. The van der Waals surface area contributed by atoms with E-state index < -0.39 is 0 Å². The third kappa shape index (κ3) is 3.60. The molecular formula is C23H19NO3. The van der Waals surface area contributed by atoms with Gasteiger partial charge < -0.3 is 10.1 Å². The Morgan fingerprint density at radius 2 is 1.81 bits per heavy atom. The second-order valence-electron chi connectivity index (χ2n) is 6.70. The molecule has 1 amide bonds. The molecule has 1 aliphatic rings. The van der Waals surface area contributed by atoms with E-state index in [1.807, 2.05) is 61.5 Å². The zero-order valence-corrected chi connectivity index (χ0v) is 14.9. The summed E-state index contributed by atoms with van der Waals surface area (Å²) in [6, 6.07) is 22.4. The van der Waals surface area contributed by atoms with Gasteiger partial charge in [-0.25, -0.2) is 4.79 Å². The molecule has 1 heterocycles. The average Bonchev–Trinajstić information content (AvgIpc) is 2.68. The SMILES string of the molecule is Cc1cccc(NC(=O)c2ccc3c(c2)CC(c2ccccc2)OC3=O)c1. The third-order valence-electron chi connectivity index (χ3n) is 4.69. The van der Waals surface area contributed by atoms with Crippen molar-refractivity contribution in [2.75, 3.05) is 5.32 Å². The predicted octanol–water partition coefficient (Wildman–Crippen LogP) is 4.70. The first-order chi connectivity index (χ1) is 13.1. The number of aryl methyl sites for hydroxylation is 1. The van der Waals surface area contributed by atoms with Gasteiger partial charge in [-0.05, 0) is 53.9 Å². The van der Waals surface area contributed by atoms with Crippen molar-refractivity contribution >= 4 is 17.6 Å². The lowest BCUT2D eigenvalue weighted by molar-refractivity contribution is 0.0252. The van der Waals surface area contributed by atoms with Crippen LogP contribution in [0.3, 0.4) is 0 Å². The fourth-order valence-electron chi connectivity index (χ4n) is 3.32. The number of anilines is 1. The minimum Gasteiger partial charge on any atom is -0.454 e. The number of rotatable bonds is 3. The highest BCUT2D eigenvalue weighted by Crippen LogP contribution is 2.31. The Morgan fingerprint density at radius 1 is 1.00 bits per heavy atom. The van der Waals surface area contributed by atoms with Crippen molar-refractivity contribution in [3.05, 3.63) is 101 Å². The van der Waals surface area contributed by atoms with E-state index in [1.54, 1.807) is 18.2 Å². The molecule has 1 unspecified atom stereocenters. The molecule has 0 saturated carbocycles. The molecule has 27 heavy (non-hydrogen) atoms. The van der Waals surface area contributed by atoms with Crippen LogP contribution < -0.4 is 5.32 Å². The number of ether oxygens (including phenoxy) is 1. The van der Waals surface area contributed by atoms with E-state index in [1.165, 1.54) is 0 Å². The quantitative estimate of drug-likeness (QED) is 0.691. The summed E-state index contributed by atoms with van der Waals surface area (Å²) in [5.74, 6) is -0.547. The van der Waals surface area contributed by atoms with Crippen molar-refractivity contribution in [1.82, 2.24) is 0 Å². The number of nitrogens with one attached hydrogen (secondary N) is 1. The van der Waals surface area contributed by atoms with Crippen LogP contribution in [-0.2, 0) is 11.2 Å². The third-order valence-corrected chi connectivity index (χ3v) is 4.69. The molecule has 0 aliphatic carbocycles. The maximum Gasteiger partial charge on any atom is 0.339 e. The molecule has 4 heteroatoms. The molecule has 0 aromatic heterocycles. The van der Waals surface area contributed by atoms with Crippen LogP contribution in [0.1, 0.15) is 43.5 Å². The van der Waals surface area contributed by atoms with E-state index in [0.29, 0.717) is 17.5 Å². The van der Waals surface area contributed by atoms with Crippen molar-refractivity contribution in [2.24, 2.45) is 0 Å². The summed E-state index contributed by atoms with van der Waals surface area (Å²) in [5.41, 5.74) is 4.65. The summed E-state index contributed by atoms with van der Waals surface area (Å²) in [5, 5.41) is 2.90. The lowest BCUT2D eigenvalue weighted by Gasteiger charge is -2.25. The van der Waals surface area contributed by atoms with E-state index in [-0.39, 0.29) is 18.0 Å². The largest absolute Gasteiger partial charge is 0.454 e. The number of amides is 1. The molecular weight excluding hydrogens is 338 g/mol. The first-order valence-electron chi connectivity index (χ1n) is 8.87. The second-order valence-corrected chi connectivity index (χ2v) is 6.70. The molecule has 134 valence electrons. The number of fused-ring (bicyclic) bond motifs is 1. The van der Waals surface area contributed by atoms with Crippen LogP contribution >= 0.6 is 0 Å². The maximum atomic E-state index is 12.6. The molecule has 0 fully saturated rings. The molecule has 1 aliphatic heterocycles. The van der Waals surface area contributed by atoms with Gasteiger partial charge in [0, 0.05) is 17.7 Å². The number of esters is 1. The average molecular weight is 357 g/mol. The molecule has 4 nitrogen and oxygen atoms in total. The lowest BCUT2D eigenvalue weighted by atomic mass is 9.93. The van der Waals surface area contributed by atoms with E-state index in [2.05, 4.69) is 5.32 Å². The number of hydrogen-bond donors (Lipinski definition) is 1. The Morgan fingerprint density at radius 3 is 2.59 bits per heavy atom. The molecule has 0 saturated heterocycles. The predicted molar refractivity (Wildman–Crippen MR) is 104 cm³/mol. The summed E-state index contributed by atoms with van der Waals surface area (Å²) in [6.07, 6.45) is 0.220. The second kappa shape index (κ2) is 7.08. The topological polar surface area (TPSA) is 55.4 Å². The zero-order chi connectivity index (χ0) is 18.8. The lowest BCUT2D eigenvalue weighted by Crippen LogP contribution is -2.23. The molecule has 3 aromatic carbocycles. The Balaban J connectivity index is 1.59. The van der Waals surface area contributed by atoms with Crippen LogP contribution in [0.2, 0.25) is 0 Å². The Hall–Kier alpha value is -3.40. The van der Waals surface area contributed by atoms with Gasteiger partial charge in [0.15, 0.2) is 0 Å². The molecule has 1 atom stereocenters. The molecule has 0 bridgehead atoms. The van der Waals surface area contributed by atoms with Gasteiger partial charge in [0.2, 0.25) is 0 Å². The number of cyclic esters (lactones) is 1. The minimum absolute atomic E-state index is 0.196. The molecule has 4 rings (SSSR count). The van der Waals surface area contributed by atoms with Crippen LogP contribution in [0.5, 0.6) is 0 Å². The summed E-state index contributed by atoms with van der Waals surface area (Å²) in [7, 11) is 0. The summed E-state index contributed by atoms with van der Waals surface area (Å²) >= 11 is 0. The highest BCUT2D eigenvalue weighted by atomic mass is 16.5. The van der Waals surface area contributed by atoms with E-state index in [4.69, 9.17) is 4.74 Å².